The lowest BCUT2D eigenvalue weighted by Crippen LogP contribution is -2.23. The lowest BCUT2D eigenvalue weighted by atomic mass is 9.87. The van der Waals surface area contributed by atoms with E-state index in [9.17, 15) is 29.4 Å². The van der Waals surface area contributed by atoms with Gasteiger partial charge in [0.2, 0.25) is 0 Å². The van der Waals surface area contributed by atoms with Gasteiger partial charge in [-0.15, -0.1) is 0 Å². The first kappa shape index (κ1) is 27.1. The second kappa shape index (κ2) is 11.3. The van der Waals surface area contributed by atoms with Gasteiger partial charge >= 0.3 is 11.9 Å². The van der Waals surface area contributed by atoms with Gasteiger partial charge in [0, 0.05) is 49.9 Å². The van der Waals surface area contributed by atoms with Gasteiger partial charge in [-0.2, -0.15) is 0 Å². The number of rotatable bonds is 13. The van der Waals surface area contributed by atoms with Crippen LogP contribution in [0.15, 0.2) is 42.7 Å². The van der Waals surface area contributed by atoms with Gasteiger partial charge in [-0.25, -0.2) is 0 Å². The first-order chi connectivity index (χ1) is 15.8. The summed E-state index contributed by atoms with van der Waals surface area (Å²) in [6.07, 6.45) is 3.69. The first-order valence-corrected chi connectivity index (χ1v) is 11.5. The summed E-state index contributed by atoms with van der Waals surface area (Å²) >= 11 is 0. The van der Waals surface area contributed by atoms with Crippen LogP contribution in [-0.2, 0) is 35.3 Å². The minimum absolute atomic E-state index is 0.190. The first-order valence-electron chi connectivity index (χ1n) is 11.5. The molecule has 34 heavy (non-hydrogen) atoms. The standard InChI is InChI=1S/C26H34O8/c1-25(2,23(29)30)11-5-7-19-13-17(27)15-21(33-19)9-10-22-16-18(28)14-20(34-22)8-6-12-26(3,4)24(31)32/h13-16H,5-12H2,1-4H3,(H,29,30)(H,31,32). The van der Waals surface area contributed by atoms with Crippen LogP contribution in [0.25, 0.3) is 0 Å². The van der Waals surface area contributed by atoms with E-state index in [2.05, 4.69) is 0 Å². The molecule has 0 fully saturated rings. The Hall–Kier alpha value is -3.16. The molecule has 0 aromatic carbocycles. The topological polar surface area (TPSA) is 135 Å². The summed E-state index contributed by atoms with van der Waals surface area (Å²) in [5.41, 5.74) is -2.07. The van der Waals surface area contributed by atoms with Crippen molar-refractivity contribution in [2.75, 3.05) is 0 Å². The van der Waals surface area contributed by atoms with Crippen molar-refractivity contribution in [3.8, 4) is 0 Å². The van der Waals surface area contributed by atoms with Gasteiger partial charge in [0.05, 0.1) is 10.8 Å². The van der Waals surface area contributed by atoms with Crippen molar-refractivity contribution >= 4 is 11.9 Å². The Bertz CT molecular complexity index is 1030. The molecule has 8 heteroatoms. The minimum atomic E-state index is -0.864. The Kier molecular flexibility index (Phi) is 9.01. The van der Waals surface area contributed by atoms with Gasteiger partial charge in [-0.3, -0.25) is 19.2 Å². The minimum Gasteiger partial charge on any atom is -0.481 e. The number of aryl methyl sites for hydroxylation is 4. The Labute approximate surface area is 198 Å². The maximum Gasteiger partial charge on any atom is 0.309 e. The SMILES string of the molecule is CC(C)(CCCc1cc(=O)cc(CCc2cc(=O)cc(CCCC(C)(C)C(=O)O)o2)o1)C(=O)O. The third-order valence-corrected chi connectivity index (χ3v) is 5.96. The third kappa shape index (κ3) is 8.32. The highest BCUT2D eigenvalue weighted by Crippen LogP contribution is 2.24. The van der Waals surface area contributed by atoms with Crippen molar-refractivity contribution in [3.05, 3.63) is 67.8 Å². The number of carboxylic acids is 2. The number of hydrogen-bond acceptors (Lipinski definition) is 6. The highest BCUT2D eigenvalue weighted by atomic mass is 16.4. The van der Waals surface area contributed by atoms with Crippen molar-refractivity contribution in [3.63, 3.8) is 0 Å². The fourth-order valence-electron chi connectivity index (χ4n) is 3.53. The summed E-state index contributed by atoms with van der Waals surface area (Å²) in [4.78, 5) is 46.6. The summed E-state index contributed by atoms with van der Waals surface area (Å²) in [7, 11) is 0. The van der Waals surface area contributed by atoms with E-state index in [0.717, 1.165) is 0 Å². The summed E-state index contributed by atoms with van der Waals surface area (Å²) < 4.78 is 11.6. The van der Waals surface area contributed by atoms with Crippen LogP contribution in [0, 0.1) is 10.8 Å². The highest BCUT2D eigenvalue weighted by Gasteiger charge is 2.27. The monoisotopic (exact) mass is 474 g/mol. The highest BCUT2D eigenvalue weighted by molar-refractivity contribution is 5.73. The molecule has 2 rings (SSSR count). The van der Waals surface area contributed by atoms with Gasteiger partial charge in [0.15, 0.2) is 10.9 Å². The molecular weight excluding hydrogens is 440 g/mol. The second-order valence-corrected chi connectivity index (χ2v) is 10.0. The lowest BCUT2D eigenvalue weighted by Gasteiger charge is -2.18. The average molecular weight is 475 g/mol. The molecule has 0 bridgehead atoms. The Morgan fingerprint density at radius 2 is 0.941 bits per heavy atom. The van der Waals surface area contributed by atoms with Gasteiger partial charge in [-0.05, 0) is 53.4 Å². The van der Waals surface area contributed by atoms with Crippen molar-refractivity contribution in [1.29, 1.82) is 0 Å². The Morgan fingerprint density at radius 1 is 0.647 bits per heavy atom. The zero-order valence-electron chi connectivity index (χ0n) is 20.3. The van der Waals surface area contributed by atoms with Gasteiger partial charge in [0.1, 0.15) is 23.0 Å². The molecule has 2 heterocycles. The van der Waals surface area contributed by atoms with Crippen LogP contribution in [0.2, 0.25) is 0 Å². The van der Waals surface area contributed by atoms with Crippen LogP contribution in [-0.4, -0.2) is 22.2 Å². The van der Waals surface area contributed by atoms with Crippen molar-refractivity contribution in [2.24, 2.45) is 10.8 Å². The quantitative estimate of drug-likeness (QED) is 0.440. The second-order valence-electron chi connectivity index (χ2n) is 10.0. The van der Waals surface area contributed by atoms with Crippen LogP contribution < -0.4 is 10.9 Å². The molecule has 0 saturated carbocycles. The van der Waals surface area contributed by atoms with Crippen LogP contribution in [0.3, 0.4) is 0 Å². The molecule has 186 valence electrons. The van der Waals surface area contributed by atoms with Crippen molar-refractivity contribution in [1.82, 2.24) is 0 Å². The molecule has 0 radical (unpaired) electrons. The zero-order valence-corrected chi connectivity index (χ0v) is 20.3. The van der Waals surface area contributed by atoms with Crippen LogP contribution in [0.5, 0.6) is 0 Å². The maximum absolute atomic E-state index is 12.1. The molecule has 2 aromatic rings. The summed E-state index contributed by atoms with van der Waals surface area (Å²) in [5, 5.41) is 18.4. The molecule has 2 aromatic heterocycles. The number of aliphatic carboxylic acids is 2. The third-order valence-electron chi connectivity index (χ3n) is 5.96. The molecule has 0 aliphatic rings. The zero-order chi connectivity index (χ0) is 25.5. The summed E-state index contributed by atoms with van der Waals surface area (Å²) in [6, 6.07) is 5.63. The molecule has 0 aliphatic heterocycles. The van der Waals surface area contributed by atoms with Crippen LogP contribution >= 0.6 is 0 Å². The van der Waals surface area contributed by atoms with E-state index < -0.39 is 22.8 Å². The molecule has 0 aliphatic carbocycles. The molecule has 0 amide bonds. The van der Waals surface area contributed by atoms with E-state index in [1.807, 2.05) is 0 Å². The van der Waals surface area contributed by atoms with E-state index in [1.165, 1.54) is 24.3 Å². The molecule has 8 nitrogen and oxygen atoms in total. The summed E-state index contributed by atoms with van der Waals surface area (Å²) in [5.74, 6) is 0.210. The average Bonchev–Trinajstić information content (AvgIpc) is 2.71. The lowest BCUT2D eigenvalue weighted by molar-refractivity contribution is -0.148. The predicted molar refractivity (Wildman–Crippen MR) is 126 cm³/mol. The van der Waals surface area contributed by atoms with Gasteiger partial charge < -0.3 is 19.0 Å². The molecule has 0 atom stereocenters. The fourth-order valence-corrected chi connectivity index (χ4v) is 3.53. The van der Waals surface area contributed by atoms with Crippen molar-refractivity contribution in [2.45, 2.75) is 79.1 Å². The maximum atomic E-state index is 12.1. The van der Waals surface area contributed by atoms with E-state index in [-0.39, 0.29) is 10.9 Å². The Balaban J connectivity index is 1.99. The predicted octanol–water partition coefficient (Wildman–Crippen LogP) is 4.25. The molecular formula is C26H34O8. The molecule has 2 N–H and O–H groups in total. The number of hydrogen-bond donors (Lipinski definition) is 2. The van der Waals surface area contributed by atoms with E-state index in [1.54, 1.807) is 27.7 Å². The van der Waals surface area contributed by atoms with Gasteiger partial charge in [0.25, 0.3) is 0 Å². The summed E-state index contributed by atoms with van der Waals surface area (Å²) in [6.45, 7) is 6.65. The van der Waals surface area contributed by atoms with E-state index in [4.69, 9.17) is 8.83 Å². The molecule has 0 spiro atoms. The molecule has 0 unspecified atom stereocenters. The number of carbonyl (C=O) groups is 2. The number of carboxylic acid groups (broad SMARTS) is 2. The van der Waals surface area contributed by atoms with Crippen LogP contribution in [0.1, 0.15) is 76.4 Å². The normalized spacial score (nSPS) is 12.0. The van der Waals surface area contributed by atoms with E-state index >= 15 is 0 Å². The van der Waals surface area contributed by atoms with Crippen LogP contribution in [0.4, 0.5) is 0 Å². The van der Waals surface area contributed by atoms with Gasteiger partial charge in [-0.1, -0.05) is 0 Å². The smallest absolute Gasteiger partial charge is 0.309 e. The fraction of sp³-hybridized carbons (Fsp3) is 0.538. The van der Waals surface area contributed by atoms with E-state index in [0.29, 0.717) is 74.4 Å². The largest absolute Gasteiger partial charge is 0.481 e. The Morgan fingerprint density at radius 3 is 1.24 bits per heavy atom. The molecule has 0 saturated heterocycles. The van der Waals surface area contributed by atoms with Crippen molar-refractivity contribution < 1.29 is 28.6 Å².